The molecule has 0 atom stereocenters. The molecule has 0 aliphatic rings. The van der Waals surface area contributed by atoms with Crippen molar-refractivity contribution in [1.82, 2.24) is 4.57 Å². The van der Waals surface area contributed by atoms with Crippen molar-refractivity contribution in [2.24, 2.45) is 4.99 Å². The van der Waals surface area contributed by atoms with Crippen molar-refractivity contribution >= 4 is 43.2 Å². The maximum atomic E-state index is 12.9. The summed E-state index contributed by atoms with van der Waals surface area (Å²) in [5, 5.41) is 0. The standard InChI is InChI=1S/C27H25N3O3S2/c1-3-5-9-20-12-17-24-25(19-20)34-27(30(24)18-4-2)28-26(31)21-13-15-22(16-14-21)29-35(32,33)23-10-7-6-8-11-23/h2,6-8,10-17,19,29H,3,5,9,18H2,1H3. The van der Waals surface area contributed by atoms with Gasteiger partial charge in [-0.05, 0) is 66.9 Å². The molecule has 4 rings (SSSR count). The number of thiazole rings is 1. The number of carbonyl (C=O) groups is 1. The van der Waals surface area contributed by atoms with E-state index in [-0.39, 0.29) is 4.90 Å². The number of nitrogens with zero attached hydrogens (tertiary/aromatic N) is 2. The highest BCUT2D eigenvalue weighted by atomic mass is 32.2. The first-order valence-electron chi connectivity index (χ1n) is 11.2. The molecule has 0 aliphatic heterocycles. The molecule has 1 N–H and O–H groups in total. The van der Waals surface area contributed by atoms with Crippen LogP contribution in [0.2, 0.25) is 0 Å². The number of benzene rings is 3. The van der Waals surface area contributed by atoms with Crippen LogP contribution in [0.15, 0.2) is 82.7 Å². The lowest BCUT2D eigenvalue weighted by molar-refractivity contribution is 0.0998. The Balaban J connectivity index is 1.60. The Morgan fingerprint density at radius 3 is 2.51 bits per heavy atom. The van der Waals surface area contributed by atoms with Crippen LogP contribution in [0.5, 0.6) is 0 Å². The highest BCUT2D eigenvalue weighted by Gasteiger charge is 2.14. The Kier molecular flexibility index (Phi) is 7.49. The number of anilines is 1. The van der Waals surface area contributed by atoms with Crippen LogP contribution in [-0.2, 0) is 23.0 Å². The molecule has 0 radical (unpaired) electrons. The molecular weight excluding hydrogens is 478 g/mol. The maximum absolute atomic E-state index is 12.9. The van der Waals surface area contributed by atoms with Crippen LogP contribution in [0.3, 0.4) is 0 Å². The van der Waals surface area contributed by atoms with Gasteiger partial charge in [-0.2, -0.15) is 4.99 Å². The van der Waals surface area contributed by atoms with Crippen LogP contribution in [0, 0.1) is 12.3 Å². The van der Waals surface area contributed by atoms with Crippen molar-refractivity contribution in [1.29, 1.82) is 0 Å². The van der Waals surface area contributed by atoms with Crippen molar-refractivity contribution < 1.29 is 13.2 Å². The second-order valence-electron chi connectivity index (χ2n) is 7.99. The summed E-state index contributed by atoms with van der Waals surface area (Å²) in [5.41, 5.74) is 2.90. The molecule has 4 aromatic rings. The molecule has 8 heteroatoms. The Bertz CT molecular complexity index is 1560. The summed E-state index contributed by atoms with van der Waals surface area (Å²) in [7, 11) is -3.71. The molecule has 1 heterocycles. The van der Waals surface area contributed by atoms with E-state index >= 15 is 0 Å². The largest absolute Gasteiger partial charge is 0.305 e. The number of amides is 1. The minimum Gasteiger partial charge on any atom is -0.305 e. The van der Waals surface area contributed by atoms with Gasteiger partial charge >= 0.3 is 0 Å². The first-order chi connectivity index (χ1) is 16.9. The van der Waals surface area contributed by atoms with E-state index < -0.39 is 15.9 Å². The quantitative estimate of drug-likeness (QED) is 0.335. The highest BCUT2D eigenvalue weighted by molar-refractivity contribution is 7.92. The summed E-state index contributed by atoms with van der Waals surface area (Å²) in [6, 6.07) is 20.6. The maximum Gasteiger partial charge on any atom is 0.279 e. The summed E-state index contributed by atoms with van der Waals surface area (Å²) < 4.78 is 30.4. The number of hydrogen-bond acceptors (Lipinski definition) is 4. The van der Waals surface area contributed by atoms with E-state index in [1.807, 2.05) is 10.6 Å². The Labute approximate surface area is 209 Å². The van der Waals surface area contributed by atoms with Gasteiger partial charge in [0, 0.05) is 11.3 Å². The van der Waals surface area contributed by atoms with Gasteiger partial charge in [0.15, 0.2) is 4.80 Å². The van der Waals surface area contributed by atoms with E-state index in [1.54, 1.807) is 42.5 Å². The second-order valence-corrected chi connectivity index (χ2v) is 10.7. The van der Waals surface area contributed by atoms with Gasteiger partial charge < -0.3 is 4.57 Å². The third-order valence-corrected chi connectivity index (χ3v) is 7.89. The van der Waals surface area contributed by atoms with Crippen LogP contribution in [0.1, 0.15) is 35.7 Å². The molecule has 0 bridgehead atoms. The fraction of sp³-hybridized carbons (Fsp3) is 0.185. The summed E-state index contributed by atoms with van der Waals surface area (Å²) in [6.45, 7) is 2.47. The first kappa shape index (κ1) is 24.5. The lowest BCUT2D eigenvalue weighted by Gasteiger charge is -2.08. The van der Waals surface area contributed by atoms with E-state index in [9.17, 15) is 13.2 Å². The molecule has 0 saturated heterocycles. The van der Waals surface area contributed by atoms with Crippen molar-refractivity contribution in [3.05, 3.63) is 88.7 Å². The number of terminal acetylenes is 1. The van der Waals surface area contributed by atoms with E-state index in [0.29, 0.717) is 22.6 Å². The van der Waals surface area contributed by atoms with Crippen molar-refractivity contribution in [2.45, 2.75) is 37.6 Å². The van der Waals surface area contributed by atoms with Gasteiger partial charge in [0.25, 0.3) is 15.9 Å². The summed E-state index contributed by atoms with van der Waals surface area (Å²) in [6.07, 6.45) is 8.83. The van der Waals surface area contributed by atoms with Gasteiger partial charge in [-0.1, -0.05) is 54.9 Å². The highest BCUT2D eigenvalue weighted by Crippen LogP contribution is 2.21. The summed E-state index contributed by atoms with van der Waals surface area (Å²) >= 11 is 1.43. The average Bonchev–Trinajstić information content (AvgIpc) is 3.19. The normalized spacial score (nSPS) is 11.9. The van der Waals surface area contributed by atoms with E-state index in [2.05, 4.69) is 34.7 Å². The third-order valence-electron chi connectivity index (χ3n) is 5.45. The number of aromatic nitrogens is 1. The predicted octanol–water partition coefficient (Wildman–Crippen LogP) is 5.22. The molecule has 6 nitrogen and oxygen atoms in total. The second kappa shape index (κ2) is 10.7. The Morgan fingerprint density at radius 1 is 1.09 bits per heavy atom. The van der Waals surface area contributed by atoms with E-state index in [0.717, 1.165) is 29.5 Å². The molecule has 3 aromatic carbocycles. The van der Waals surface area contributed by atoms with Crippen LogP contribution in [0.4, 0.5) is 5.69 Å². The van der Waals surface area contributed by atoms with Crippen LogP contribution in [-0.4, -0.2) is 18.9 Å². The molecule has 0 aliphatic carbocycles. The number of nitrogens with one attached hydrogen (secondary N) is 1. The molecule has 0 saturated carbocycles. The minimum absolute atomic E-state index is 0.163. The third kappa shape index (κ3) is 5.70. The van der Waals surface area contributed by atoms with Gasteiger partial charge in [0.1, 0.15) is 0 Å². The number of unbranched alkanes of at least 4 members (excludes halogenated alkanes) is 1. The Morgan fingerprint density at radius 2 is 1.83 bits per heavy atom. The summed E-state index contributed by atoms with van der Waals surface area (Å²) in [4.78, 5) is 17.9. The topological polar surface area (TPSA) is 80.5 Å². The van der Waals surface area contributed by atoms with Gasteiger partial charge in [-0.25, -0.2) is 8.42 Å². The van der Waals surface area contributed by atoms with Gasteiger partial charge in [0.2, 0.25) is 0 Å². The first-order valence-corrected chi connectivity index (χ1v) is 13.5. The van der Waals surface area contributed by atoms with Crippen molar-refractivity contribution in [2.75, 3.05) is 4.72 Å². The zero-order valence-electron chi connectivity index (χ0n) is 19.3. The van der Waals surface area contributed by atoms with Gasteiger partial charge in [-0.15, -0.1) is 6.42 Å². The fourth-order valence-corrected chi connectivity index (χ4v) is 5.80. The molecule has 0 spiro atoms. The van der Waals surface area contributed by atoms with Crippen LogP contribution < -0.4 is 9.52 Å². The predicted molar refractivity (Wildman–Crippen MR) is 141 cm³/mol. The number of hydrogen-bond donors (Lipinski definition) is 1. The molecule has 0 fully saturated rings. The lowest BCUT2D eigenvalue weighted by atomic mass is 10.1. The monoisotopic (exact) mass is 503 g/mol. The van der Waals surface area contributed by atoms with Gasteiger partial charge in [0.05, 0.1) is 21.7 Å². The molecule has 178 valence electrons. The zero-order chi connectivity index (χ0) is 24.8. The minimum atomic E-state index is -3.71. The van der Waals surface area contributed by atoms with E-state index in [1.165, 1.54) is 29.0 Å². The number of rotatable bonds is 8. The fourth-order valence-electron chi connectivity index (χ4n) is 3.63. The zero-order valence-corrected chi connectivity index (χ0v) is 20.9. The number of aryl methyl sites for hydroxylation is 1. The molecule has 0 unspecified atom stereocenters. The number of sulfonamides is 1. The molecule has 1 aromatic heterocycles. The number of carbonyl (C=O) groups excluding carboxylic acids is 1. The average molecular weight is 504 g/mol. The molecule has 35 heavy (non-hydrogen) atoms. The van der Waals surface area contributed by atoms with E-state index in [4.69, 9.17) is 6.42 Å². The lowest BCUT2D eigenvalue weighted by Crippen LogP contribution is -2.16. The van der Waals surface area contributed by atoms with Gasteiger partial charge in [-0.3, -0.25) is 9.52 Å². The SMILES string of the molecule is C#CCn1c(=NC(=O)c2ccc(NS(=O)(=O)c3ccccc3)cc2)sc2cc(CCCC)ccc21. The van der Waals surface area contributed by atoms with Crippen molar-refractivity contribution in [3.8, 4) is 12.3 Å². The van der Waals surface area contributed by atoms with Crippen molar-refractivity contribution in [3.63, 3.8) is 0 Å². The van der Waals surface area contributed by atoms with Crippen LogP contribution >= 0.6 is 11.3 Å². The van der Waals surface area contributed by atoms with Crippen LogP contribution in [0.25, 0.3) is 10.2 Å². The summed E-state index contributed by atoms with van der Waals surface area (Å²) in [5.74, 6) is 2.22. The Hall–Kier alpha value is -3.67. The smallest absolute Gasteiger partial charge is 0.279 e. The molecular formula is C27H25N3O3S2. The number of fused-ring (bicyclic) bond motifs is 1. The molecule has 1 amide bonds.